The lowest BCUT2D eigenvalue weighted by molar-refractivity contribution is -0.138. The van der Waals surface area contributed by atoms with Crippen molar-refractivity contribution in [2.45, 2.75) is 30.7 Å². The first kappa shape index (κ1) is 28.0. The molecule has 170 valence electrons. The SMILES string of the molecule is [B]P(I)C1CC(=O)C(CCN(CCN)CCNCCN2C(=O)CC(B(P)I)C2=O)C1=O. The molecular weight excluding hydrogens is 662 g/mol. The fraction of sp³-hybridized carbons (Fsp3) is 0.765. The predicted octanol–water partition coefficient (Wildman–Crippen LogP) is 0.596. The Morgan fingerprint density at radius 1 is 1.23 bits per heavy atom. The Bertz CT molecular complexity index is 693. The zero-order valence-corrected chi connectivity index (χ0v) is 23.7. The van der Waals surface area contributed by atoms with Crippen LogP contribution in [0.15, 0.2) is 0 Å². The number of ketones is 2. The summed E-state index contributed by atoms with van der Waals surface area (Å²) in [5.41, 5.74) is 4.46. The smallest absolute Gasteiger partial charge is 0.252 e. The molecule has 1 aliphatic heterocycles. The van der Waals surface area contributed by atoms with Crippen molar-refractivity contribution in [2.75, 3.05) is 45.8 Å². The second-order valence-corrected chi connectivity index (χ2v) is 16.0. The highest BCUT2D eigenvalue weighted by Gasteiger charge is 2.43. The van der Waals surface area contributed by atoms with E-state index in [-0.39, 0.29) is 52.0 Å². The van der Waals surface area contributed by atoms with E-state index in [2.05, 4.69) is 63.8 Å². The maximum absolute atomic E-state index is 12.5. The molecule has 2 rings (SSSR count). The van der Waals surface area contributed by atoms with Gasteiger partial charge < -0.3 is 16.0 Å². The molecule has 2 radical (unpaired) electrons. The highest BCUT2D eigenvalue weighted by molar-refractivity contribution is 14.2. The summed E-state index contributed by atoms with van der Waals surface area (Å²) in [6.45, 7) is 4.04. The summed E-state index contributed by atoms with van der Waals surface area (Å²) in [6.07, 6.45) is 1.05. The van der Waals surface area contributed by atoms with Crippen LogP contribution in [0.3, 0.4) is 0 Å². The maximum Gasteiger partial charge on any atom is 0.252 e. The Labute approximate surface area is 215 Å². The summed E-state index contributed by atoms with van der Waals surface area (Å²) in [5.74, 6) is -0.989. The highest BCUT2D eigenvalue weighted by atomic mass is 127. The fourth-order valence-electron chi connectivity index (χ4n) is 3.91. The number of hydrogen-bond donors (Lipinski definition) is 2. The molecule has 5 unspecified atom stereocenters. The van der Waals surface area contributed by atoms with Crippen molar-refractivity contribution in [1.29, 1.82) is 0 Å². The molecule has 0 spiro atoms. The monoisotopic (exact) mass is 690 g/mol. The van der Waals surface area contributed by atoms with Gasteiger partial charge in [0.1, 0.15) is 13.3 Å². The Morgan fingerprint density at radius 2 is 1.94 bits per heavy atom. The molecule has 5 atom stereocenters. The van der Waals surface area contributed by atoms with Crippen molar-refractivity contribution in [2.24, 2.45) is 11.7 Å². The van der Waals surface area contributed by atoms with Crippen LogP contribution in [0.4, 0.5) is 0 Å². The van der Waals surface area contributed by atoms with Gasteiger partial charge in [-0.25, -0.2) is 0 Å². The first-order valence-electron chi connectivity index (χ1n) is 10.3. The number of carbonyl (C=O) groups is 4. The van der Waals surface area contributed by atoms with Gasteiger partial charge in [0.05, 0.1) is 5.92 Å². The lowest BCUT2D eigenvalue weighted by Crippen LogP contribution is -2.40. The molecule has 31 heavy (non-hydrogen) atoms. The van der Waals surface area contributed by atoms with Crippen molar-refractivity contribution in [3.8, 4) is 0 Å². The van der Waals surface area contributed by atoms with E-state index < -0.39 is 11.4 Å². The standard InChI is InChI=1S/C17H28B2I2N4O4P2/c18-31(21)14-10-13(26)11(16(14)28)1-5-24(6-2-22)7-3-23-4-8-25-15(27)9-12(17(25)29)19(20)30/h11-12,14,23H,1-10,22,30H2. The van der Waals surface area contributed by atoms with Crippen molar-refractivity contribution >= 4 is 94.2 Å². The molecule has 0 aromatic carbocycles. The molecule has 8 nitrogen and oxygen atoms in total. The third kappa shape index (κ3) is 7.92. The van der Waals surface area contributed by atoms with E-state index in [1.807, 2.05) is 0 Å². The van der Waals surface area contributed by atoms with E-state index in [0.29, 0.717) is 52.2 Å². The predicted molar refractivity (Wildman–Crippen MR) is 146 cm³/mol. The van der Waals surface area contributed by atoms with Gasteiger partial charge in [-0.3, -0.25) is 24.1 Å². The van der Waals surface area contributed by atoms with Crippen molar-refractivity contribution < 1.29 is 19.2 Å². The van der Waals surface area contributed by atoms with Crippen molar-refractivity contribution in [3.05, 3.63) is 0 Å². The fourth-order valence-corrected chi connectivity index (χ4v) is 6.97. The first-order valence-corrected chi connectivity index (χ1v) is 16.5. The average molecular weight is 690 g/mol. The van der Waals surface area contributed by atoms with E-state index in [4.69, 9.17) is 13.3 Å². The Kier molecular flexibility index (Phi) is 12.3. The number of imide groups is 1. The minimum atomic E-state index is -0.955. The van der Waals surface area contributed by atoms with Crippen LogP contribution in [0, 0.1) is 5.92 Å². The number of rotatable bonds is 13. The summed E-state index contributed by atoms with van der Waals surface area (Å²) >= 11 is 4.23. The Balaban J connectivity index is 1.72. The van der Waals surface area contributed by atoms with Gasteiger partial charge in [-0.1, -0.05) is 27.5 Å². The molecule has 14 heteroatoms. The van der Waals surface area contributed by atoms with Crippen molar-refractivity contribution in [3.63, 3.8) is 0 Å². The average Bonchev–Trinajstić information content (AvgIpc) is 3.15. The van der Waals surface area contributed by atoms with E-state index >= 15 is 0 Å². The van der Waals surface area contributed by atoms with Gasteiger partial charge in [0, 0.05) is 63.6 Å². The van der Waals surface area contributed by atoms with Gasteiger partial charge >= 0.3 is 0 Å². The molecule has 3 N–H and O–H groups in total. The van der Waals surface area contributed by atoms with E-state index in [9.17, 15) is 19.2 Å². The van der Waals surface area contributed by atoms with Gasteiger partial charge in [-0.05, 0) is 13.0 Å². The Morgan fingerprint density at radius 3 is 2.48 bits per heavy atom. The molecule has 0 bridgehead atoms. The van der Waals surface area contributed by atoms with Crippen LogP contribution in [0.1, 0.15) is 19.3 Å². The number of hydrogen-bond acceptors (Lipinski definition) is 7. The Hall–Kier alpha value is 0.810. The second-order valence-electron chi connectivity index (χ2n) is 7.79. The molecule has 1 heterocycles. The molecule has 2 amide bonds. The number of Topliss-reactive ketones (excluding diaryl/α,β-unsaturated/α-hetero) is 2. The summed E-state index contributed by atoms with van der Waals surface area (Å²) < 4.78 is 0.0550. The van der Waals surface area contributed by atoms with Crippen molar-refractivity contribution in [1.82, 2.24) is 15.1 Å². The van der Waals surface area contributed by atoms with Gasteiger partial charge in [-0.2, -0.15) is 9.12 Å². The lowest BCUT2D eigenvalue weighted by Gasteiger charge is -2.23. The van der Waals surface area contributed by atoms with Gasteiger partial charge in [0.25, 0.3) is 4.29 Å². The molecular formula is C17H28B2I2N4O4P2. The van der Waals surface area contributed by atoms with E-state index in [0.717, 1.165) is 0 Å². The minimum absolute atomic E-state index is 0.00342. The summed E-state index contributed by atoms with van der Waals surface area (Å²) in [4.78, 5) is 52.6. The normalized spacial score (nSPS) is 25.2. The molecule has 2 fully saturated rings. The minimum Gasteiger partial charge on any atom is -0.329 e. The first-order chi connectivity index (χ1) is 14.7. The molecule has 0 aromatic rings. The second kappa shape index (κ2) is 13.6. The number of nitrogens with two attached hydrogens (primary N) is 1. The van der Waals surface area contributed by atoms with E-state index in [1.54, 1.807) is 0 Å². The third-order valence-electron chi connectivity index (χ3n) is 5.71. The molecule has 1 saturated carbocycles. The van der Waals surface area contributed by atoms with Crippen LogP contribution in [0.2, 0.25) is 5.82 Å². The van der Waals surface area contributed by atoms with Crippen LogP contribution < -0.4 is 11.1 Å². The zero-order chi connectivity index (χ0) is 23.1. The summed E-state index contributed by atoms with van der Waals surface area (Å²) in [7, 11) is 8.48. The number of halogens is 2. The van der Waals surface area contributed by atoms with Gasteiger partial charge in [-0.15, -0.1) is 22.4 Å². The summed E-state index contributed by atoms with van der Waals surface area (Å²) in [6, 6.07) is 0. The maximum atomic E-state index is 12.5. The highest BCUT2D eigenvalue weighted by Crippen LogP contribution is 2.50. The molecule has 0 aromatic heterocycles. The van der Waals surface area contributed by atoms with Crippen LogP contribution >= 0.6 is 59.0 Å². The number of amides is 2. The summed E-state index contributed by atoms with van der Waals surface area (Å²) in [5, 5.41) is 3.27. The number of nitrogens with zero attached hydrogens (tertiary/aromatic N) is 2. The third-order valence-corrected chi connectivity index (χ3v) is 10.1. The van der Waals surface area contributed by atoms with Crippen LogP contribution in [-0.2, 0) is 19.2 Å². The topological polar surface area (TPSA) is 113 Å². The van der Waals surface area contributed by atoms with Gasteiger partial charge in [0.2, 0.25) is 11.8 Å². The number of likely N-dealkylation sites (tertiary alicyclic amines) is 1. The largest absolute Gasteiger partial charge is 0.329 e. The quantitative estimate of drug-likeness (QED) is 0.0728. The molecule has 2 aliphatic rings. The van der Waals surface area contributed by atoms with Crippen LogP contribution in [0.25, 0.3) is 0 Å². The molecule has 1 aliphatic carbocycles. The molecule has 1 saturated heterocycles. The number of carbonyl (C=O) groups excluding carboxylic acids is 4. The van der Waals surface area contributed by atoms with Crippen LogP contribution in [-0.4, -0.2) is 96.5 Å². The van der Waals surface area contributed by atoms with E-state index in [1.165, 1.54) is 4.90 Å². The van der Waals surface area contributed by atoms with Crippen LogP contribution in [0.5, 0.6) is 0 Å². The zero-order valence-electron chi connectivity index (χ0n) is 17.3. The number of nitrogens with one attached hydrogen (secondary N) is 1. The lowest BCUT2D eigenvalue weighted by atomic mass is 9.84. The van der Waals surface area contributed by atoms with Gasteiger partial charge in [0.15, 0.2) is 5.78 Å².